The molecule has 2 N–H and O–H groups in total. The normalized spacial score (nSPS) is 14.2. The maximum atomic E-state index is 12.2. The van der Waals surface area contributed by atoms with Gasteiger partial charge in [0.25, 0.3) is 0 Å². The van der Waals surface area contributed by atoms with Crippen LogP contribution in [0.4, 0.5) is 11.5 Å². The molecule has 1 aliphatic heterocycles. The molecule has 1 aliphatic rings. The molecule has 5 rings (SSSR count). The molecule has 1 aromatic heterocycles. The molecule has 2 heterocycles. The fraction of sp³-hybridized carbons (Fsp3) is 0.281. The molecule has 0 atom stereocenters. The highest BCUT2D eigenvalue weighted by atomic mass is 32.2. The van der Waals surface area contributed by atoms with Gasteiger partial charge in [0.2, 0.25) is 0 Å². The lowest BCUT2D eigenvalue weighted by Crippen LogP contribution is -2.36. The highest BCUT2D eigenvalue weighted by Crippen LogP contribution is 2.28. The first-order chi connectivity index (χ1) is 20.2. The van der Waals surface area contributed by atoms with Crippen molar-refractivity contribution < 1.29 is 19.4 Å². The molecule has 8 nitrogen and oxygen atoms in total. The highest BCUT2D eigenvalue weighted by molar-refractivity contribution is 7.99. The number of aromatic nitrogens is 2. The van der Waals surface area contributed by atoms with Crippen molar-refractivity contribution in [3.8, 4) is 5.75 Å². The third-order valence-electron chi connectivity index (χ3n) is 6.81. The van der Waals surface area contributed by atoms with Gasteiger partial charge in [-0.25, -0.2) is 14.8 Å². The van der Waals surface area contributed by atoms with Gasteiger partial charge in [-0.3, -0.25) is 4.90 Å². The van der Waals surface area contributed by atoms with E-state index in [2.05, 4.69) is 20.2 Å². The van der Waals surface area contributed by atoms with Gasteiger partial charge in [0.15, 0.2) is 0 Å². The number of anilines is 2. The largest absolute Gasteiger partial charge is 0.489 e. The van der Waals surface area contributed by atoms with Gasteiger partial charge in [0, 0.05) is 29.9 Å². The molecule has 9 heteroatoms. The van der Waals surface area contributed by atoms with Gasteiger partial charge in [-0.15, -0.1) is 0 Å². The lowest BCUT2D eigenvalue weighted by atomic mass is 10.0. The van der Waals surface area contributed by atoms with Gasteiger partial charge >= 0.3 is 5.97 Å². The van der Waals surface area contributed by atoms with E-state index in [4.69, 9.17) is 9.47 Å². The van der Waals surface area contributed by atoms with Crippen LogP contribution in [0.3, 0.4) is 0 Å². The number of carboxylic acids is 1. The van der Waals surface area contributed by atoms with Crippen LogP contribution >= 0.6 is 11.8 Å². The Kier molecular flexibility index (Phi) is 10.2. The van der Waals surface area contributed by atoms with E-state index < -0.39 is 5.97 Å². The van der Waals surface area contributed by atoms with Gasteiger partial charge in [-0.2, -0.15) is 11.8 Å². The van der Waals surface area contributed by atoms with Crippen molar-refractivity contribution in [3.05, 3.63) is 96.3 Å². The predicted octanol–water partition coefficient (Wildman–Crippen LogP) is 5.88. The Hall–Kier alpha value is -3.92. The number of nitrogens with one attached hydrogen (secondary N) is 1. The summed E-state index contributed by atoms with van der Waals surface area (Å²) in [5, 5.41) is 14.1. The van der Waals surface area contributed by atoms with Crippen LogP contribution in [0.2, 0.25) is 0 Å². The summed E-state index contributed by atoms with van der Waals surface area (Å²) < 4.78 is 11.3. The first-order valence-electron chi connectivity index (χ1n) is 13.8. The molecular weight excluding hydrogens is 536 g/mol. The van der Waals surface area contributed by atoms with Crippen molar-refractivity contribution >= 4 is 45.7 Å². The molecule has 4 aromatic rings. The van der Waals surface area contributed by atoms with E-state index >= 15 is 0 Å². The zero-order chi connectivity index (χ0) is 28.3. The molecule has 0 unspecified atom stereocenters. The average molecular weight is 571 g/mol. The first kappa shape index (κ1) is 28.6. The van der Waals surface area contributed by atoms with Crippen molar-refractivity contribution in [1.29, 1.82) is 0 Å². The summed E-state index contributed by atoms with van der Waals surface area (Å²) in [7, 11) is 0. The number of nitrogens with zero attached hydrogens (tertiary/aromatic N) is 3. The number of ether oxygens (including phenoxy) is 2. The van der Waals surface area contributed by atoms with Crippen molar-refractivity contribution in [3.63, 3.8) is 0 Å². The number of thioether (sulfide) groups is 1. The number of aliphatic carboxylic acids is 1. The minimum atomic E-state index is -0.948. The molecular formula is C32H34N4O4S. The minimum absolute atomic E-state index is 0.280. The number of benzene rings is 3. The second-order valence-electron chi connectivity index (χ2n) is 9.68. The standard InChI is InChI=1S/C32H34N4O4S/c37-32(38)28(13-20-41-19-4-14-36-15-17-39-18-16-36)25-7-12-30-29(21-25)31(34-23-33-30)35-26-8-10-27(11-9-26)40-22-24-5-2-1-3-6-24/h1-3,5-13,21,23H,4,14-20,22H2,(H,37,38)(H,33,34,35). The Balaban J connectivity index is 1.22. The molecule has 0 bridgehead atoms. The fourth-order valence-corrected chi connectivity index (χ4v) is 5.39. The molecule has 3 aromatic carbocycles. The maximum absolute atomic E-state index is 12.2. The van der Waals surface area contributed by atoms with Gasteiger partial charge in [-0.05, 0) is 66.2 Å². The van der Waals surface area contributed by atoms with Gasteiger partial charge in [0.1, 0.15) is 24.5 Å². The van der Waals surface area contributed by atoms with Gasteiger partial charge < -0.3 is 19.9 Å². The van der Waals surface area contributed by atoms with Crippen LogP contribution in [0.25, 0.3) is 16.5 Å². The van der Waals surface area contributed by atoms with E-state index in [0.717, 1.165) is 72.9 Å². The smallest absolute Gasteiger partial charge is 0.335 e. The Morgan fingerprint density at radius 3 is 2.63 bits per heavy atom. The number of hydrogen-bond acceptors (Lipinski definition) is 8. The number of carboxylic acid groups (broad SMARTS) is 1. The van der Waals surface area contributed by atoms with Crippen molar-refractivity contribution in [2.24, 2.45) is 0 Å². The maximum Gasteiger partial charge on any atom is 0.335 e. The lowest BCUT2D eigenvalue weighted by Gasteiger charge is -2.26. The molecule has 1 saturated heterocycles. The Labute approximate surface area is 244 Å². The number of morpholine rings is 1. The number of hydrogen-bond donors (Lipinski definition) is 2. The Morgan fingerprint density at radius 2 is 1.85 bits per heavy atom. The molecule has 212 valence electrons. The van der Waals surface area contributed by atoms with Crippen LogP contribution in [0.5, 0.6) is 5.75 Å². The molecule has 1 fully saturated rings. The lowest BCUT2D eigenvalue weighted by molar-refractivity contribution is -0.130. The first-order valence-corrected chi connectivity index (χ1v) is 14.9. The second-order valence-corrected chi connectivity index (χ2v) is 10.8. The zero-order valence-electron chi connectivity index (χ0n) is 22.9. The van der Waals surface area contributed by atoms with Crippen molar-refractivity contribution in [2.45, 2.75) is 13.0 Å². The van der Waals surface area contributed by atoms with Crippen molar-refractivity contribution in [2.75, 3.05) is 49.7 Å². The van der Waals surface area contributed by atoms with E-state index in [-0.39, 0.29) is 5.57 Å². The van der Waals surface area contributed by atoms with Crippen molar-refractivity contribution in [1.82, 2.24) is 14.9 Å². The van der Waals surface area contributed by atoms with Crippen LogP contribution < -0.4 is 10.1 Å². The highest BCUT2D eigenvalue weighted by Gasteiger charge is 2.14. The third-order valence-corrected chi connectivity index (χ3v) is 7.79. The summed E-state index contributed by atoms with van der Waals surface area (Å²) in [6.07, 6.45) is 4.38. The monoisotopic (exact) mass is 570 g/mol. The minimum Gasteiger partial charge on any atom is -0.489 e. The quantitative estimate of drug-likeness (QED) is 0.151. The fourth-order valence-electron chi connectivity index (χ4n) is 4.61. The average Bonchev–Trinajstić information content (AvgIpc) is 3.01. The summed E-state index contributed by atoms with van der Waals surface area (Å²) in [4.78, 5) is 23.4. The number of carbonyl (C=O) groups is 1. The van der Waals surface area contributed by atoms with E-state index in [0.29, 0.717) is 23.7 Å². The Morgan fingerprint density at radius 1 is 1.05 bits per heavy atom. The van der Waals surface area contributed by atoms with Crippen LogP contribution in [0, 0.1) is 0 Å². The van der Waals surface area contributed by atoms with Gasteiger partial charge in [0.05, 0.1) is 24.3 Å². The predicted molar refractivity (Wildman–Crippen MR) is 165 cm³/mol. The molecule has 0 amide bonds. The van der Waals surface area contributed by atoms with E-state index in [1.54, 1.807) is 23.9 Å². The molecule has 0 spiro atoms. The third kappa shape index (κ3) is 8.29. The summed E-state index contributed by atoms with van der Waals surface area (Å²) in [6.45, 7) is 5.15. The van der Waals surface area contributed by atoms with Crippen LogP contribution in [-0.4, -0.2) is 70.3 Å². The summed E-state index contributed by atoms with van der Waals surface area (Å²) in [6, 6.07) is 23.2. The Bertz CT molecular complexity index is 1460. The van der Waals surface area contributed by atoms with E-state index in [1.165, 1.54) is 6.33 Å². The van der Waals surface area contributed by atoms with Crippen LogP contribution in [0.15, 0.2) is 85.2 Å². The number of fused-ring (bicyclic) bond motifs is 1. The molecule has 0 aliphatic carbocycles. The SMILES string of the molecule is O=C(O)C(=CCSCCCN1CCOCC1)c1ccc2ncnc(Nc3ccc(OCc4ccccc4)cc3)c2c1. The summed E-state index contributed by atoms with van der Waals surface area (Å²) in [5.41, 5.74) is 3.58. The molecule has 41 heavy (non-hydrogen) atoms. The van der Waals surface area contributed by atoms with E-state index in [9.17, 15) is 9.90 Å². The van der Waals surface area contributed by atoms with Crippen LogP contribution in [0.1, 0.15) is 17.5 Å². The molecule has 0 saturated carbocycles. The zero-order valence-corrected chi connectivity index (χ0v) is 23.7. The summed E-state index contributed by atoms with van der Waals surface area (Å²) >= 11 is 1.75. The summed E-state index contributed by atoms with van der Waals surface area (Å²) in [5.74, 6) is 2.05. The van der Waals surface area contributed by atoms with Crippen LogP contribution in [-0.2, 0) is 16.1 Å². The molecule has 0 radical (unpaired) electrons. The topological polar surface area (TPSA) is 96.8 Å². The second kappa shape index (κ2) is 14.6. The van der Waals surface area contributed by atoms with Gasteiger partial charge in [-0.1, -0.05) is 42.5 Å². The number of rotatable bonds is 13. The van der Waals surface area contributed by atoms with E-state index in [1.807, 2.05) is 66.7 Å².